The van der Waals surface area contributed by atoms with E-state index in [1.807, 2.05) is 45.4 Å². The maximum absolute atomic E-state index is 14.9. The van der Waals surface area contributed by atoms with E-state index >= 15 is 0 Å². The van der Waals surface area contributed by atoms with Gasteiger partial charge >= 0.3 is 12.1 Å². The molecule has 2 aromatic heterocycles. The molecule has 1 atom stereocenters. The summed E-state index contributed by atoms with van der Waals surface area (Å²) in [5.74, 6) is 0.239. The zero-order valence-electron chi connectivity index (χ0n) is 24.7. The molecule has 0 fully saturated rings. The van der Waals surface area contributed by atoms with Gasteiger partial charge < -0.3 is 34.9 Å². The molecule has 0 saturated heterocycles. The van der Waals surface area contributed by atoms with Gasteiger partial charge in [0.1, 0.15) is 11.9 Å². The molecule has 3 aromatic rings. The van der Waals surface area contributed by atoms with Crippen LogP contribution in [0.25, 0.3) is 10.7 Å². The number of imidazole rings is 1. The van der Waals surface area contributed by atoms with Crippen molar-refractivity contribution in [3.05, 3.63) is 46.9 Å². The lowest BCUT2D eigenvalue weighted by Crippen LogP contribution is -2.44. The highest BCUT2D eigenvalue weighted by atomic mass is 32.1. The third kappa shape index (κ3) is 7.65. The monoisotopic (exact) mass is 599 g/mol. The van der Waals surface area contributed by atoms with E-state index in [4.69, 9.17) is 9.47 Å². The van der Waals surface area contributed by atoms with Crippen LogP contribution in [0.2, 0.25) is 0 Å². The van der Waals surface area contributed by atoms with Gasteiger partial charge in [-0.05, 0) is 45.9 Å². The molecule has 0 bridgehead atoms. The van der Waals surface area contributed by atoms with Gasteiger partial charge in [-0.25, -0.2) is 19.0 Å². The Hall–Kier alpha value is -3.97. The van der Waals surface area contributed by atoms with Crippen LogP contribution in [0.5, 0.6) is 5.75 Å². The smallest absolute Gasteiger partial charge is 0.319 e. The highest BCUT2D eigenvalue weighted by Gasteiger charge is 2.26. The van der Waals surface area contributed by atoms with Crippen LogP contribution in [-0.4, -0.2) is 65.1 Å². The molecule has 1 aliphatic rings. The lowest BCUT2D eigenvalue weighted by Gasteiger charge is -2.24. The van der Waals surface area contributed by atoms with Crippen molar-refractivity contribution in [3.63, 3.8) is 0 Å². The minimum Gasteiger partial charge on any atom is -0.481 e. The third-order valence-corrected chi connectivity index (χ3v) is 7.60. The Morgan fingerprint density at radius 1 is 1.19 bits per heavy atom. The Labute approximate surface area is 249 Å². The van der Waals surface area contributed by atoms with Crippen LogP contribution in [0.4, 0.5) is 25.4 Å². The SMILES string of the molecule is COCCN(Cc1cnc(-c2cc3c(s2)C(Oc2ccc(NC(=O)NC(C)C)cc2F)CC=N3)n1C)C(=O)NC(C)C. The molecule has 1 aromatic carbocycles. The average molecular weight is 600 g/mol. The van der Waals surface area contributed by atoms with Crippen molar-refractivity contribution in [1.29, 1.82) is 0 Å². The topological polar surface area (TPSA) is 122 Å². The number of carbonyl (C=O) groups is 2. The van der Waals surface area contributed by atoms with E-state index in [1.54, 1.807) is 30.5 Å². The molecule has 1 unspecified atom stereocenters. The summed E-state index contributed by atoms with van der Waals surface area (Å²) in [5, 5.41) is 8.26. The molecule has 0 aliphatic carbocycles. The summed E-state index contributed by atoms with van der Waals surface area (Å²) >= 11 is 1.49. The fourth-order valence-corrected chi connectivity index (χ4v) is 5.54. The minimum atomic E-state index is -0.577. The third-order valence-electron chi connectivity index (χ3n) is 6.38. The first-order valence-corrected chi connectivity index (χ1v) is 14.6. The molecule has 3 heterocycles. The summed E-state index contributed by atoms with van der Waals surface area (Å²) in [6.07, 6.45) is 3.57. The predicted molar refractivity (Wildman–Crippen MR) is 162 cm³/mol. The molecular formula is C29H38FN7O4S. The molecule has 13 heteroatoms. The number of carbonyl (C=O) groups excluding carboxylic acids is 2. The van der Waals surface area contributed by atoms with Crippen LogP contribution < -0.4 is 20.7 Å². The Balaban J connectivity index is 1.50. The van der Waals surface area contributed by atoms with Crippen LogP contribution >= 0.6 is 11.3 Å². The van der Waals surface area contributed by atoms with Crippen molar-refractivity contribution in [2.75, 3.05) is 25.6 Å². The van der Waals surface area contributed by atoms with Gasteiger partial charge in [-0.1, -0.05) is 0 Å². The van der Waals surface area contributed by atoms with Crippen LogP contribution in [0.15, 0.2) is 35.5 Å². The Morgan fingerprint density at radius 3 is 2.64 bits per heavy atom. The zero-order valence-corrected chi connectivity index (χ0v) is 25.5. The number of benzene rings is 1. The van der Waals surface area contributed by atoms with Gasteiger partial charge in [0.05, 0.1) is 40.5 Å². The lowest BCUT2D eigenvalue weighted by molar-refractivity contribution is 0.144. The lowest BCUT2D eigenvalue weighted by atomic mass is 10.1. The van der Waals surface area contributed by atoms with Crippen molar-refractivity contribution < 1.29 is 23.5 Å². The normalized spacial score (nSPS) is 14.2. The molecular weight excluding hydrogens is 561 g/mol. The number of aliphatic imine (C=N–C) groups is 1. The predicted octanol–water partition coefficient (Wildman–Crippen LogP) is 5.61. The first kappa shape index (κ1) is 31.0. The number of nitrogens with zero attached hydrogens (tertiary/aromatic N) is 4. The Kier molecular flexibility index (Phi) is 10.2. The molecule has 3 N–H and O–H groups in total. The highest BCUT2D eigenvalue weighted by molar-refractivity contribution is 7.16. The van der Waals surface area contributed by atoms with Crippen molar-refractivity contribution in [2.24, 2.45) is 12.0 Å². The van der Waals surface area contributed by atoms with Gasteiger partial charge in [-0.3, -0.25) is 4.99 Å². The molecule has 42 heavy (non-hydrogen) atoms. The summed E-state index contributed by atoms with van der Waals surface area (Å²) in [5.41, 5.74) is 1.94. The van der Waals surface area contributed by atoms with Crippen molar-refractivity contribution >= 4 is 41.0 Å². The van der Waals surface area contributed by atoms with Crippen LogP contribution in [0.3, 0.4) is 0 Å². The van der Waals surface area contributed by atoms with Crippen molar-refractivity contribution in [3.8, 4) is 16.5 Å². The van der Waals surface area contributed by atoms with Gasteiger partial charge in [0.25, 0.3) is 0 Å². The minimum absolute atomic E-state index is 0.0112. The van der Waals surface area contributed by atoms with Crippen molar-refractivity contribution in [2.45, 2.75) is 58.8 Å². The first-order chi connectivity index (χ1) is 20.0. The van der Waals surface area contributed by atoms with E-state index in [9.17, 15) is 14.0 Å². The summed E-state index contributed by atoms with van der Waals surface area (Å²) in [6.45, 7) is 8.74. The average Bonchev–Trinajstić information content (AvgIpc) is 3.50. The number of hydrogen-bond donors (Lipinski definition) is 3. The van der Waals surface area contributed by atoms with Crippen LogP contribution in [0, 0.1) is 5.82 Å². The van der Waals surface area contributed by atoms with E-state index in [-0.39, 0.29) is 23.9 Å². The van der Waals surface area contributed by atoms with Gasteiger partial charge in [-0.2, -0.15) is 0 Å². The first-order valence-electron chi connectivity index (χ1n) is 13.8. The van der Waals surface area contributed by atoms with E-state index < -0.39 is 18.0 Å². The summed E-state index contributed by atoms with van der Waals surface area (Å²) in [6, 6.07) is 5.69. The number of thiophene rings is 1. The molecule has 4 rings (SSSR count). The number of hydrogen-bond acceptors (Lipinski definition) is 7. The number of fused-ring (bicyclic) bond motifs is 1. The number of anilines is 1. The number of ether oxygens (including phenoxy) is 2. The van der Waals surface area contributed by atoms with Gasteiger partial charge in [0.2, 0.25) is 0 Å². The fraction of sp³-hybridized carbons (Fsp3) is 0.448. The maximum atomic E-state index is 14.9. The number of urea groups is 2. The number of aromatic nitrogens is 2. The molecule has 0 saturated carbocycles. The molecule has 0 spiro atoms. The number of methoxy groups -OCH3 is 1. The second kappa shape index (κ2) is 13.8. The summed E-state index contributed by atoms with van der Waals surface area (Å²) in [7, 11) is 3.52. The number of nitrogens with one attached hydrogen (secondary N) is 3. The number of amides is 4. The van der Waals surface area contributed by atoms with E-state index in [2.05, 4.69) is 25.9 Å². The van der Waals surface area contributed by atoms with Gasteiger partial charge in [0, 0.05) is 57.2 Å². The molecule has 4 amide bonds. The number of halogens is 1. The van der Waals surface area contributed by atoms with Gasteiger partial charge in [-0.15, -0.1) is 11.3 Å². The molecule has 226 valence electrons. The summed E-state index contributed by atoms with van der Waals surface area (Å²) < 4.78 is 28.2. The quantitative estimate of drug-likeness (QED) is 0.265. The van der Waals surface area contributed by atoms with Crippen LogP contribution in [-0.2, 0) is 18.3 Å². The largest absolute Gasteiger partial charge is 0.481 e. The maximum Gasteiger partial charge on any atom is 0.319 e. The molecule has 1 aliphatic heterocycles. The Morgan fingerprint density at radius 2 is 1.95 bits per heavy atom. The standard InChI is InChI=1S/C29H38FN7O4S/c1-17(2)33-28(38)35-19-7-8-23(21(30)13-19)41-24-9-10-31-22-14-25(42-26(22)24)27-32-15-20(36(27)5)16-37(11-12-40-6)29(39)34-18(3)4/h7-8,10,13-15,17-18,24H,9,11-12,16H2,1-6H3,(H,34,39)(H2,33,35,38). The van der Waals surface area contributed by atoms with Gasteiger partial charge in [0.15, 0.2) is 11.6 Å². The van der Waals surface area contributed by atoms with E-state index in [0.29, 0.717) is 31.8 Å². The highest BCUT2D eigenvalue weighted by Crippen LogP contribution is 2.44. The molecule has 11 nitrogen and oxygen atoms in total. The van der Waals surface area contributed by atoms with Crippen LogP contribution in [0.1, 0.15) is 50.8 Å². The second-order valence-corrected chi connectivity index (χ2v) is 11.6. The fourth-order valence-electron chi connectivity index (χ4n) is 4.36. The second-order valence-electron chi connectivity index (χ2n) is 10.6. The van der Waals surface area contributed by atoms with E-state index in [0.717, 1.165) is 27.0 Å². The van der Waals surface area contributed by atoms with E-state index in [1.165, 1.54) is 23.5 Å². The van der Waals surface area contributed by atoms with Crippen molar-refractivity contribution in [1.82, 2.24) is 25.1 Å². The zero-order chi connectivity index (χ0) is 30.4. The molecule has 0 radical (unpaired) electrons. The number of rotatable bonds is 11. The summed E-state index contributed by atoms with van der Waals surface area (Å²) in [4.78, 5) is 37.3. The Bertz CT molecular complexity index is 1440.